The molecule has 0 amide bonds. The van der Waals surface area contributed by atoms with Gasteiger partial charge in [0.1, 0.15) is 0 Å². The highest BCUT2D eigenvalue weighted by molar-refractivity contribution is 5.25. The number of nitrogens with zero attached hydrogens (tertiary/aromatic N) is 4. The lowest BCUT2D eigenvalue weighted by Gasteiger charge is -2.23. The summed E-state index contributed by atoms with van der Waals surface area (Å²) in [5, 5.41) is 0. The molecule has 0 radical (unpaired) electrons. The van der Waals surface area contributed by atoms with Gasteiger partial charge in [0.2, 0.25) is 0 Å². The van der Waals surface area contributed by atoms with Crippen molar-refractivity contribution in [3.63, 3.8) is 0 Å². The van der Waals surface area contributed by atoms with E-state index in [9.17, 15) is 0 Å². The first kappa shape index (κ1) is 35.6. The summed E-state index contributed by atoms with van der Waals surface area (Å²) >= 11 is 0. The summed E-state index contributed by atoms with van der Waals surface area (Å²) in [5.74, 6) is 0. The molecule has 0 N–H and O–H groups in total. The molecule has 8 heterocycles. The molecule has 8 saturated heterocycles. The lowest BCUT2D eigenvalue weighted by molar-refractivity contribution is 0.210. The molecule has 8 atom stereocenters. The zero-order valence-electron chi connectivity index (χ0n) is 30.4. The maximum atomic E-state index is 5.43. The highest BCUT2D eigenvalue weighted by atomic mass is 16.6. The second-order valence-corrected chi connectivity index (χ2v) is 16.1. The van der Waals surface area contributed by atoms with Crippen LogP contribution in [0.15, 0.2) is 48.5 Å². The number of benzene rings is 2. The SMILES string of the molecule is c1cc(CN(CC2CO2)CC2CO2)cc(CN(CC2CO2)CC2CO2)c1.c1cc(CN(CC2CO2)CC2CO2)cc(CN(CC2CO2)CC2CO2)c1. The Bertz CT molecular complexity index is 1180. The van der Waals surface area contributed by atoms with Crippen LogP contribution in [0.2, 0.25) is 0 Å². The molecule has 0 aliphatic carbocycles. The van der Waals surface area contributed by atoms with E-state index in [1.165, 1.54) is 22.3 Å². The normalized spacial score (nSPS) is 31.5. The van der Waals surface area contributed by atoms with Gasteiger partial charge in [0.15, 0.2) is 0 Å². The molecular formula is C40H56N4O8. The van der Waals surface area contributed by atoms with Gasteiger partial charge in [-0.2, -0.15) is 0 Å². The van der Waals surface area contributed by atoms with E-state index in [-0.39, 0.29) is 0 Å². The Kier molecular flexibility index (Phi) is 11.5. The first-order chi connectivity index (χ1) is 25.6. The molecule has 52 heavy (non-hydrogen) atoms. The molecule has 10 rings (SSSR count). The third-order valence-electron chi connectivity index (χ3n) is 10.5. The van der Waals surface area contributed by atoms with Crippen LogP contribution in [0.1, 0.15) is 22.3 Å². The Morgan fingerprint density at radius 3 is 0.654 bits per heavy atom. The van der Waals surface area contributed by atoms with Crippen LogP contribution in [0, 0.1) is 0 Å². The van der Waals surface area contributed by atoms with Crippen LogP contribution in [-0.2, 0) is 64.1 Å². The van der Waals surface area contributed by atoms with Gasteiger partial charge in [0.05, 0.1) is 102 Å². The van der Waals surface area contributed by atoms with E-state index in [1.807, 2.05) is 0 Å². The van der Waals surface area contributed by atoms with Crippen LogP contribution in [0.3, 0.4) is 0 Å². The van der Waals surface area contributed by atoms with Gasteiger partial charge in [0, 0.05) is 78.5 Å². The Balaban J connectivity index is 0.000000138. The summed E-state index contributed by atoms with van der Waals surface area (Å²) in [6.07, 6.45) is 3.37. The number of hydrogen-bond donors (Lipinski definition) is 0. The number of rotatable bonds is 24. The van der Waals surface area contributed by atoms with E-state index in [0.29, 0.717) is 48.8 Å². The second-order valence-electron chi connectivity index (χ2n) is 16.1. The Morgan fingerprint density at radius 2 is 0.500 bits per heavy atom. The van der Waals surface area contributed by atoms with Crippen LogP contribution < -0.4 is 0 Å². The quantitative estimate of drug-likeness (QED) is 0.147. The lowest BCUT2D eigenvalue weighted by Crippen LogP contribution is -2.32. The lowest BCUT2D eigenvalue weighted by atomic mass is 10.1. The fourth-order valence-corrected chi connectivity index (χ4v) is 7.19. The molecule has 0 aromatic heterocycles. The predicted octanol–water partition coefficient (Wildman–Crippen LogP) is 1.77. The minimum atomic E-state index is 0.421. The first-order valence-electron chi connectivity index (χ1n) is 19.6. The summed E-state index contributed by atoms with van der Waals surface area (Å²) in [6.45, 7) is 19.2. The third kappa shape index (κ3) is 13.1. The molecule has 0 bridgehead atoms. The summed E-state index contributed by atoms with van der Waals surface area (Å²) in [6, 6.07) is 18.0. The number of hydrogen-bond acceptors (Lipinski definition) is 12. The van der Waals surface area contributed by atoms with Crippen LogP contribution >= 0.6 is 0 Å². The standard InChI is InChI=1S/2C20H28N2O4/c2*1-2-15(5-21(7-17-11-23-17)8-18-12-24-18)4-16(3-1)6-22(9-19-13-25-19)10-20-14-26-20/h2*1-4,17-20H,5-14H2. The molecule has 2 aromatic rings. The van der Waals surface area contributed by atoms with E-state index < -0.39 is 0 Å². The zero-order chi connectivity index (χ0) is 34.7. The first-order valence-corrected chi connectivity index (χ1v) is 19.6. The molecular weight excluding hydrogens is 664 g/mol. The zero-order valence-corrected chi connectivity index (χ0v) is 30.4. The third-order valence-corrected chi connectivity index (χ3v) is 10.5. The van der Waals surface area contributed by atoms with Crippen molar-refractivity contribution in [1.29, 1.82) is 0 Å². The molecule has 12 heteroatoms. The fraction of sp³-hybridized carbons (Fsp3) is 0.700. The van der Waals surface area contributed by atoms with Crippen LogP contribution in [0.25, 0.3) is 0 Å². The molecule has 8 unspecified atom stereocenters. The maximum absolute atomic E-state index is 5.43. The van der Waals surface area contributed by atoms with Gasteiger partial charge in [-0.1, -0.05) is 48.5 Å². The van der Waals surface area contributed by atoms with Crippen LogP contribution in [-0.4, -0.2) is 174 Å². The largest absolute Gasteiger partial charge is 0.372 e. The van der Waals surface area contributed by atoms with E-state index in [4.69, 9.17) is 37.9 Å². The molecule has 0 saturated carbocycles. The number of epoxide rings is 8. The van der Waals surface area contributed by atoms with Gasteiger partial charge in [-0.3, -0.25) is 19.6 Å². The van der Waals surface area contributed by atoms with Crippen molar-refractivity contribution in [2.24, 2.45) is 0 Å². The van der Waals surface area contributed by atoms with Gasteiger partial charge in [-0.15, -0.1) is 0 Å². The second kappa shape index (κ2) is 16.8. The average Bonchev–Trinajstić information content (AvgIpc) is 3.91. The Labute approximate surface area is 308 Å². The monoisotopic (exact) mass is 720 g/mol. The van der Waals surface area contributed by atoms with Gasteiger partial charge < -0.3 is 37.9 Å². The van der Waals surface area contributed by atoms with Gasteiger partial charge in [0.25, 0.3) is 0 Å². The highest BCUT2D eigenvalue weighted by Crippen LogP contribution is 2.23. The van der Waals surface area contributed by atoms with E-state index in [0.717, 1.165) is 131 Å². The predicted molar refractivity (Wildman–Crippen MR) is 192 cm³/mol. The van der Waals surface area contributed by atoms with Gasteiger partial charge >= 0.3 is 0 Å². The van der Waals surface area contributed by atoms with Crippen molar-refractivity contribution in [3.8, 4) is 0 Å². The topological polar surface area (TPSA) is 113 Å². The summed E-state index contributed by atoms with van der Waals surface area (Å²) in [7, 11) is 0. The fourth-order valence-electron chi connectivity index (χ4n) is 7.19. The van der Waals surface area contributed by atoms with E-state index >= 15 is 0 Å². The molecule has 2 aromatic carbocycles. The maximum Gasteiger partial charge on any atom is 0.0936 e. The summed E-state index contributed by atoms with van der Waals surface area (Å²) < 4.78 is 43.4. The smallest absolute Gasteiger partial charge is 0.0936 e. The summed E-state index contributed by atoms with van der Waals surface area (Å²) in [5.41, 5.74) is 5.48. The van der Waals surface area contributed by atoms with Crippen molar-refractivity contribution < 1.29 is 37.9 Å². The minimum absolute atomic E-state index is 0.421. The molecule has 8 fully saturated rings. The minimum Gasteiger partial charge on any atom is -0.372 e. The average molecular weight is 721 g/mol. The van der Waals surface area contributed by atoms with Crippen molar-refractivity contribution in [3.05, 3.63) is 70.8 Å². The van der Waals surface area contributed by atoms with E-state index in [2.05, 4.69) is 68.1 Å². The molecule has 8 aliphatic rings. The van der Waals surface area contributed by atoms with E-state index in [1.54, 1.807) is 0 Å². The van der Waals surface area contributed by atoms with Crippen LogP contribution in [0.5, 0.6) is 0 Å². The number of ether oxygens (including phenoxy) is 8. The molecule has 284 valence electrons. The molecule has 12 nitrogen and oxygen atoms in total. The summed E-state index contributed by atoms with van der Waals surface area (Å²) in [4.78, 5) is 9.90. The molecule has 8 aliphatic heterocycles. The Hall–Kier alpha value is -2.04. The van der Waals surface area contributed by atoms with Crippen LogP contribution in [0.4, 0.5) is 0 Å². The van der Waals surface area contributed by atoms with Gasteiger partial charge in [-0.05, 0) is 22.3 Å². The van der Waals surface area contributed by atoms with Crippen molar-refractivity contribution in [2.75, 3.05) is 105 Å². The van der Waals surface area contributed by atoms with Gasteiger partial charge in [-0.25, -0.2) is 0 Å². The van der Waals surface area contributed by atoms with Crippen molar-refractivity contribution in [1.82, 2.24) is 19.6 Å². The Morgan fingerprint density at radius 1 is 0.327 bits per heavy atom. The van der Waals surface area contributed by atoms with Crippen molar-refractivity contribution >= 4 is 0 Å². The molecule has 0 spiro atoms. The van der Waals surface area contributed by atoms with Crippen molar-refractivity contribution in [2.45, 2.75) is 75.0 Å². The highest BCUT2D eigenvalue weighted by Gasteiger charge is 2.34.